The minimum atomic E-state index is 0. The maximum Gasteiger partial charge on any atom is 0.224 e. The first-order chi connectivity index (χ1) is 11.3. The zero-order valence-electron chi connectivity index (χ0n) is 13.8. The van der Waals surface area contributed by atoms with Gasteiger partial charge in [0.1, 0.15) is 12.4 Å². The third-order valence-electron chi connectivity index (χ3n) is 3.96. The number of halogens is 2. The van der Waals surface area contributed by atoms with Crippen LogP contribution in [0.5, 0.6) is 5.75 Å². The predicted molar refractivity (Wildman–Crippen MR) is 106 cm³/mol. The van der Waals surface area contributed by atoms with Crippen molar-refractivity contribution in [1.29, 1.82) is 0 Å². The van der Waals surface area contributed by atoms with E-state index in [2.05, 4.69) is 15.6 Å². The first-order valence-electron chi connectivity index (χ1n) is 7.91. The zero-order chi connectivity index (χ0) is 15.9. The third kappa shape index (κ3) is 6.82. The molecule has 5 nitrogen and oxygen atoms in total. The van der Waals surface area contributed by atoms with Gasteiger partial charge in [-0.25, -0.2) is 4.98 Å². The molecule has 0 aliphatic carbocycles. The molecule has 1 aliphatic heterocycles. The lowest BCUT2D eigenvalue weighted by Gasteiger charge is -2.12. The van der Waals surface area contributed by atoms with Crippen LogP contribution in [0.1, 0.15) is 25.0 Å². The molecular formula is C17H23Cl2N3O2S. The summed E-state index contributed by atoms with van der Waals surface area (Å²) < 4.78 is 5.78. The molecule has 0 bridgehead atoms. The Kier molecular flexibility index (Phi) is 9.82. The Morgan fingerprint density at radius 1 is 1.36 bits per heavy atom. The van der Waals surface area contributed by atoms with E-state index < -0.39 is 0 Å². The highest BCUT2D eigenvalue weighted by molar-refractivity contribution is 7.07. The number of anilines is 1. The van der Waals surface area contributed by atoms with Crippen molar-refractivity contribution in [2.24, 2.45) is 5.92 Å². The number of carbonyl (C=O) groups is 1. The summed E-state index contributed by atoms with van der Waals surface area (Å²) in [5.74, 6) is 1.34. The average Bonchev–Trinajstić information content (AvgIpc) is 3.26. The molecule has 2 N–H and O–H groups in total. The molecule has 1 amide bonds. The largest absolute Gasteiger partial charge is 0.485 e. The topological polar surface area (TPSA) is 63.2 Å². The monoisotopic (exact) mass is 403 g/mol. The van der Waals surface area contributed by atoms with Crippen LogP contribution in [0, 0.1) is 5.92 Å². The Labute approximate surface area is 164 Å². The minimum absolute atomic E-state index is 0. The second kappa shape index (κ2) is 11.3. The molecule has 0 spiro atoms. The quantitative estimate of drug-likeness (QED) is 0.735. The number of hydrogen-bond donors (Lipinski definition) is 2. The predicted octanol–water partition coefficient (Wildman–Crippen LogP) is 3.89. The summed E-state index contributed by atoms with van der Waals surface area (Å²) in [7, 11) is 0. The van der Waals surface area contributed by atoms with Gasteiger partial charge in [0.2, 0.25) is 5.91 Å². The van der Waals surface area contributed by atoms with E-state index in [1.54, 1.807) is 16.8 Å². The Hall–Kier alpha value is -1.34. The summed E-state index contributed by atoms with van der Waals surface area (Å²) in [6.45, 7) is 2.50. The van der Waals surface area contributed by atoms with Gasteiger partial charge in [0.25, 0.3) is 0 Å². The maximum absolute atomic E-state index is 12.2. The fourth-order valence-electron chi connectivity index (χ4n) is 2.67. The third-order valence-corrected chi connectivity index (χ3v) is 4.60. The lowest BCUT2D eigenvalue weighted by molar-refractivity contribution is -0.116. The standard InChI is InChI=1S/C17H21N3O2S.2ClH/c21-17(6-5-13-7-8-18-9-13)20-15-3-1-2-4-16(15)22-10-14-11-23-12-19-14;;/h1-4,11-13,18H,5-10H2,(H,20,21);2*1H. The number of amides is 1. The van der Waals surface area contributed by atoms with Gasteiger partial charge in [0.15, 0.2) is 0 Å². The van der Waals surface area contributed by atoms with E-state index in [-0.39, 0.29) is 30.7 Å². The Morgan fingerprint density at radius 2 is 2.20 bits per heavy atom. The molecule has 1 atom stereocenters. The molecule has 138 valence electrons. The van der Waals surface area contributed by atoms with Crippen molar-refractivity contribution in [3.05, 3.63) is 40.8 Å². The molecule has 1 unspecified atom stereocenters. The minimum Gasteiger partial charge on any atom is -0.485 e. The number of nitrogens with zero attached hydrogens (tertiary/aromatic N) is 1. The van der Waals surface area contributed by atoms with Crippen LogP contribution in [-0.2, 0) is 11.4 Å². The smallest absolute Gasteiger partial charge is 0.224 e. The fraction of sp³-hybridized carbons (Fsp3) is 0.412. The number of rotatable bonds is 7. The lowest BCUT2D eigenvalue weighted by Crippen LogP contribution is -2.15. The van der Waals surface area contributed by atoms with Gasteiger partial charge < -0.3 is 15.4 Å². The molecular weight excluding hydrogens is 381 g/mol. The molecule has 8 heteroatoms. The summed E-state index contributed by atoms with van der Waals surface area (Å²) in [4.78, 5) is 16.4. The molecule has 1 aliphatic rings. The summed E-state index contributed by atoms with van der Waals surface area (Å²) in [5, 5.41) is 8.25. The summed E-state index contributed by atoms with van der Waals surface area (Å²) >= 11 is 1.54. The van der Waals surface area contributed by atoms with E-state index >= 15 is 0 Å². The summed E-state index contributed by atoms with van der Waals surface area (Å²) in [6.07, 6.45) is 2.65. The molecule has 1 fully saturated rings. The molecule has 1 aromatic heterocycles. The summed E-state index contributed by atoms with van der Waals surface area (Å²) in [6, 6.07) is 7.52. The van der Waals surface area contributed by atoms with Crippen LogP contribution in [0.15, 0.2) is 35.2 Å². The Balaban J connectivity index is 0.00000156. The van der Waals surface area contributed by atoms with E-state index in [1.165, 1.54) is 6.42 Å². The number of nitrogens with one attached hydrogen (secondary N) is 2. The van der Waals surface area contributed by atoms with E-state index in [9.17, 15) is 4.79 Å². The molecule has 0 radical (unpaired) electrons. The van der Waals surface area contributed by atoms with Crippen molar-refractivity contribution in [1.82, 2.24) is 10.3 Å². The maximum atomic E-state index is 12.2. The SMILES string of the molecule is Cl.Cl.O=C(CCC1CCNC1)Nc1ccccc1OCc1cscn1. The van der Waals surface area contributed by atoms with Crippen molar-refractivity contribution in [2.45, 2.75) is 25.9 Å². The van der Waals surface area contributed by atoms with Crippen molar-refractivity contribution >= 4 is 47.7 Å². The number of benzene rings is 1. The molecule has 2 aromatic rings. The first-order valence-corrected chi connectivity index (χ1v) is 8.85. The summed E-state index contributed by atoms with van der Waals surface area (Å²) in [5.41, 5.74) is 3.40. The highest BCUT2D eigenvalue weighted by atomic mass is 35.5. The highest BCUT2D eigenvalue weighted by Gasteiger charge is 2.16. The van der Waals surface area contributed by atoms with Gasteiger partial charge in [-0.1, -0.05) is 12.1 Å². The van der Waals surface area contributed by atoms with Crippen LogP contribution in [0.2, 0.25) is 0 Å². The van der Waals surface area contributed by atoms with Gasteiger partial charge in [-0.05, 0) is 44.0 Å². The van der Waals surface area contributed by atoms with Crippen LogP contribution in [0.25, 0.3) is 0 Å². The van der Waals surface area contributed by atoms with Gasteiger partial charge in [0, 0.05) is 11.8 Å². The number of ether oxygens (including phenoxy) is 1. The molecule has 2 heterocycles. The van der Waals surface area contributed by atoms with Crippen molar-refractivity contribution in [3.63, 3.8) is 0 Å². The second-order valence-corrected chi connectivity index (χ2v) is 6.43. The lowest BCUT2D eigenvalue weighted by atomic mass is 10.0. The van der Waals surface area contributed by atoms with Crippen LogP contribution < -0.4 is 15.4 Å². The zero-order valence-corrected chi connectivity index (χ0v) is 16.2. The van der Waals surface area contributed by atoms with Crippen molar-refractivity contribution in [2.75, 3.05) is 18.4 Å². The first kappa shape index (κ1) is 21.7. The van der Waals surface area contributed by atoms with Gasteiger partial charge in [-0.3, -0.25) is 4.79 Å². The average molecular weight is 404 g/mol. The second-order valence-electron chi connectivity index (χ2n) is 5.71. The normalized spacial score (nSPS) is 15.8. The molecule has 0 saturated carbocycles. The van der Waals surface area contributed by atoms with Gasteiger partial charge in [-0.2, -0.15) is 0 Å². The van der Waals surface area contributed by atoms with Crippen molar-refractivity contribution in [3.8, 4) is 5.75 Å². The molecule has 3 rings (SSSR count). The van der Waals surface area contributed by atoms with Crippen LogP contribution in [0.3, 0.4) is 0 Å². The molecule has 1 aromatic carbocycles. The number of para-hydroxylation sites is 2. The van der Waals surface area contributed by atoms with E-state index in [0.29, 0.717) is 24.7 Å². The van der Waals surface area contributed by atoms with Gasteiger partial charge in [0.05, 0.1) is 16.9 Å². The molecule has 1 saturated heterocycles. The van der Waals surface area contributed by atoms with E-state index in [4.69, 9.17) is 4.74 Å². The van der Waals surface area contributed by atoms with Gasteiger partial charge in [-0.15, -0.1) is 36.2 Å². The van der Waals surface area contributed by atoms with Crippen LogP contribution >= 0.6 is 36.2 Å². The molecule has 25 heavy (non-hydrogen) atoms. The Morgan fingerprint density at radius 3 is 2.92 bits per heavy atom. The number of hydrogen-bond acceptors (Lipinski definition) is 5. The number of thiazole rings is 1. The Bertz CT molecular complexity index is 635. The van der Waals surface area contributed by atoms with Gasteiger partial charge >= 0.3 is 0 Å². The van der Waals surface area contributed by atoms with Crippen LogP contribution in [-0.4, -0.2) is 24.0 Å². The van der Waals surface area contributed by atoms with Crippen LogP contribution in [0.4, 0.5) is 5.69 Å². The van der Waals surface area contributed by atoms with Crippen molar-refractivity contribution < 1.29 is 9.53 Å². The van der Waals surface area contributed by atoms with E-state index in [1.807, 2.05) is 29.6 Å². The van der Waals surface area contributed by atoms with E-state index in [0.717, 1.165) is 30.9 Å². The fourth-order valence-corrected chi connectivity index (χ4v) is 3.21. The highest BCUT2D eigenvalue weighted by Crippen LogP contribution is 2.25. The number of aromatic nitrogens is 1. The number of carbonyl (C=O) groups excluding carboxylic acids is 1.